The lowest BCUT2D eigenvalue weighted by Crippen LogP contribution is -2.23. The summed E-state index contributed by atoms with van der Waals surface area (Å²) >= 11 is 1.67. The number of aromatic nitrogens is 4. The van der Waals surface area contributed by atoms with Gasteiger partial charge < -0.3 is 18.8 Å². The molecule has 8 nitrogen and oxygen atoms in total. The molecule has 3 aromatic rings. The van der Waals surface area contributed by atoms with Crippen LogP contribution in [0.2, 0.25) is 0 Å². The molecule has 1 saturated heterocycles. The van der Waals surface area contributed by atoms with Crippen molar-refractivity contribution in [2.45, 2.75) is 56.4 Å². The molecular formula is C25H33N5O3S. The fourth-order valence-electron chi connectivity index (χ4n) is 4.29. The second kappa shape index (κ2) is 11.7. The molecule has 0 aliphatic carbocycles. The number of benzene rings is 1. The second-order valence-electron chi connectivity index (χ2n) is 8.51. The van der Waals surface area contributed by atoms with Gasteiger partial charge in [-0.2, -0.15) is 0 Å². The Balaban J connectivity index is 1.50. The van der Waals surface area contributed by atoms with E-state index in [1.54, 1.807) is 26.0 Å². The maximum Gasteiger partial charge on any atom is 0.191 e. The van der Waals surface area contributed by atoms with Crippen LogP contribution in [0.25, 0.3) is 0 Å². The molecule has 1 aliphatic rings. The Morgan fingerprint density at radius 1 is 1.15 bits per heavy atom. The second-order valence-corrected chi connectivity index (χ2v) is 9.45. The topological polar surface area (TPSA) is 74.5 Å². The molecule has 0 radical (unpaired) electrons. The van der Waals surface area contributed by atoms with Crippen molar-refractivity contribution in [2.75, 3.05) is 27.9 Å². The molecule has 0 saturated carbocycles. The van der Waals surface area contributed by atoms with Crippen LogP contribution < -0.4 is 9.47 Å². The summed E-state index contributed by atoms with van der Waals surface area (Å²) in [6.45, 7) is 5.00. The molecule has 3 heterocycles. The predicted molar refractivity (Wildman–Crippen MR) is 132 cm³/mol. The summed E-state index contributed by atoms with van der Waals surface area (Å²) in [4.78, 5) is 6.66. The number of nitrogens with zero attached hydrogens (tertiary/aromatic N) is 5. The fourth-order valence-corrected chi connectivity index (χ4v) is 5.17. The highest BCUT2D eigenvalue weighted by molar-refractivity contribution is 7.98. The number of methoxy groups -OCH3 is 2. The van der Waals surface area contributed by atoms with Crippen molar-refractivity contribution in [1.82, 2.24) is 24.6 Å². The standard InChI is InChI=1S/C25H33N5O3S/c1-18-22(31-3)11-10-19(24(18)32-4)14-29(2)16-23-27-28-25(30(23)15-21-9-7-13-33-21)34-17-20-8-5-6-12-26-20/h5-6,8,10-12,21H,7,9,13-17H2,1-4H3. The lowest BCUT2D eigenvalue weighted by molar-refractivity contribution is 0.0934. The van der Waals surface area contributed by atoms with Crippen LogP contribution in [0, 0.1) is 6.92 Å². The Labute approximate surface area is 205 Å². The van der Waals surface area contributed by atoms with Gasteiger partial charge in [-0.15, -0.1) is 10.2 Å². The molecule has 182 valence electrons. The van der Waals surface area contributed by atoms with Crippen molar-refractivity contribution in [3.05, 3.63) is 59.2 Å². The van der Waals surface area contributed by atoms with E-state index in [2.05, 4.69) is 37.8 Å². The molecule has 4 rings (SSSR count). The van der Waals surface area contributed by atoms with Gasteiger partial charge in [0.2, 0.25) is 0 Å². The van der Waals surface area contributed by atoms with E-state index in [4.69, 9.17) is 14.2 Å². The zero-order valence-electron chi connectivity index (χ0n) is 20.4. The zero-order chi connectivity index (χ0) is 23.9. The van der Waals surface area contributed by atoms with Gasteiger partial charge >= 0.3 is 0 Å². The molecule has 1 atom stereocenters. The Morgan fingerprint density at radius 3 is 2.74 bits per heavy atom. The molecule has 1 fully saturated rings. The highest BCUT2D eigenvalue weighted by atomic mass is 32.2. The molecule has 0 bridgehead atoms. The van der Waals surface area contributed by atoms with Gasteiger partial charge in [-0.3, -0.25) is 9.88 Å². The van der Waals surface area contributed by atoms with Crippen molar-refractivity contribution >= 4 is 11.8 Å². The molecule has 0 amide bonds. The predicted octanol–water partition coefficient (Wildman–Crippen LogP) is 4.10. The van der Waals surface area contributed by atoms with Crippen LogP contribution in [0.15, 0.2) is 41.7 Å². The summed E-state index contributed by atoms with van der Waals surface area (Å²) < 4.78 is 19.3. The van der Waals surface area contributed by atoms with Gasteiger partial charge in [0.15, 0.2) is 5.16 Å². The van der Waals surface area contributed by atoms with Crippen LogP contribution in [0.3, 0.4) is 0 Å². The molecule has 0 N–H and O–H groups in total. The summed E-state index contributed by atoms with van der Waals surface area (Å²) in [5.74, 6) is 3.38. The summed E-state index contributed by atoms with van der Waals surface area (Å²) in [5, 5.41) is 10.00. The summed E-state index contributed by atoms with van der Waals surface area (Å²) in [7, 11) is 5.47. The number of hydrogen-bond acceptors (Lipinski definition) is 8. The first-order valence-electron chi connectivity index (χ1n) is 11.5. The largest absolute Gasteiger partial charge is 0.496 e. The van der Waals surface area contributed by atoms with Gasteiger partial charge in [0, 0.05) is 36.2 Å². The van der Waals surface area contributed by atoms with Gasteiger partial charge in [-0.25, -0.2) is 0 Å². The van der Waals surface area contributed by atoms with E-state index in [-0.39, 0.29) is 6.10 Å². The lowest BCUT2D eigenvalue weighted by atomic mass is 10.1. The van der Waals surface area contributed by atoms with E-state index < -0.39 is 0 Å². The first kappa shape index (κ1) is 24.5. The molecule has 1 aromatic carbocycles. The maximum atomic E-state index is 5.92. The van der Waals surface area contributed by atoms with Crippen LogP contribution in [0.4, 0.5) is 0 Å². The summed E-state index contributed by atoms with van der Waals surface area (Å²) in [5.41, 5.74) is 3.14. The van der Waals surface area contributed by atoms with Crippen molar-refractivity contribution < 1.29 is 14.2 Å². The first-order chi connectivity index (χ1) is 16.6. The Kier molecular flexibility index (Phi) is 8.42. The van der Waals surface area contributed by atoms with Crippen LogP contribution in [0.5, 0.6) is 11.5 Å². The third kappa shape index (κ3) is 5.89. The van der Waals surface area contributed by atoms with E-state index in [9.17, 15) is 0 Å². The van der Waals surface area contributed by atoms with Crippen LogP contribution in [-0.2, 0) is 30.1 Å². The number of ether oxygens (including phenoxy) is 3. The van der Waals surface area contributed by atoms with E-state index >= 15 is 0 Å². The van der Waals surface area contributed by atoms with Crippen LogP contribution in [-0.4, -0.2) is 58.6 Å². The van der Waals surface area contributed by atoms with Crippen LogP contribution in [0.1, 0.15) is 35.5 Å². The van der Waals surface area contributed by atoms with Gasteiger partial charge in [0.05, 0.1) is 39.1 Å². The molecule has 1 aliphatic heterocycles. The minimum atomic E-state index is 0.207. The van der Waals surface area contributed by atoms with Gasteiger partial charge in [-0.05, 0) is 45.0 Å². The molecule has 0 spiro atoms. The smallest absolute Gasteiger partial charge is 0.191 e. The Bertz CT molecular complexity index is 1070. The van der Waals surface area contributed by atoms with E-state index in [0.717, 1.165) is 77.6 Å². The Hall–Kier alpha value is -2.62. The maximum absolute atomic E-state index is 5.92. The monoisotopic (exact) mass is 483 g/mol. The molecule has 9 heteroatoms. The molecule has 1 unspecified atom stereocenters. The first-order valence-corrected chi connectivity index (χ1v) is 12.5. The lowest BCUT2D eigenvalue weighted by Gasteiger charge is -2.21. The quantitative estimate of drug-likeness (QED) is 0.378. The van der Waals surface area contributed by atoms with E-state index in [0.29, 0.717) is 6.54 Å². The van der Waals surface area contributed by atoms with E-state index in [1.165, 1.54) is 0 Å². The highest BCUT2D eigenvalue weighted by Gasteiger charge is 2.22. The number of hydrogen-bond donors (Lipinski definition) is 0. The van der Waals surface area contributed by atoms with Crippen molar-refractivity contribution in [1.29, 1.82) is 0 Å². The third-order valence-corrected chi connectivity index (χ3v) is 6.99. The summed E-state index contributed by atoms with van der Waals surface area (Å²) in [6, 6.07) is 10.0. The molecule has 34 heavy (non-hydrogen) atoms. The van der Waals surface area contributed by atoms with Crippen LogP contribution >= 0.6 is 11.8 Å². The number of pyridine rings is 1. The van der Waals surface area contributed by atoms with Crippen molar-refractivity contribution in [2.24, 2.45) is 0 Å². The van der Waals surface area contributed by atoms with Crippen molar-refractivity contribution in [3.8, 4) is 11.5 Å². The highest BCUT2D eigenvalue weighted by Crippen LogP contribution is 2.32. The number of rotatable bonds is 11. The van der Waals surface area contributed by atoms with Gasteiger partial charge in [0.25, 0.3) is 0 Å². The minimum Gasteiger partial charge on any atom is -0.496 e. The van der Waals surface area contributed by atoms with Gasteiger partial charge in [0.1, 0.15) is 17.3 Å². The van der Waals surface area contributed by atoms with Gasteiger partial charge in [-0.1, -0.05) is 23.9 Å². The summed E-state index contributed by atoms with van der Waals surface area (Å²) in [6.07, 6.45) is 4.20. The molecular weight excluding hydrogens is 450 g/mol. The fraction of sp³-hybridized carbons (Fsp3) is 0.480. The van der Waals surface area contributed by atoms with Crippen molar-refractivity contribution in [3.63, 3.8) is 0 Å². The van der Waals surface area contributed by atoms with E-state index in [1.807, 2.05) is 37.4 Å². The SMILES string of the molecule is COc1ccc(CN(C)Cc2nnc(SCc3ccccn3)n2CC2CCCO2)c(OC)c1C. The Morgan fingerprint density at radius 2 is 2.03 bits per heavy atom. The zero-order valence-corrected chi connectivity index (χ0v) is 21.2. The third-order valence-electron chi connectivity index (χ3n) is 5.99. The average Bonchev–Trinajstić information content (AvgIpc) is 3.49. The minimum absolute atomic E-state index is 0.207. The molecule has 2 aromatic heterocycles. The number of thioether (sulfide) groups is 1. The normalized spacial score (nSPS) is 15.7. The average molecular weight is 484 g/mol.